The van der Waals surface area contributed by atoms with Gasteiger partial charge in [0.05, 0.1) is 6.54 Å². The maximum absolute atomic E-state index is 13.0. The number of rotatable bonds is 5. The van der Waals surface area contributed by atoms with Crippen molar-refractivity contribution in [3.8, 4) is 0 Å². The molecule has 28 heavy (non-hydrogen) atoms. The average Bonchev–Trinajstić information content (AvgIpc) is 2.98. The lowest BCUT2D eigenvalue weighted by Gasteiger charge is -2.17. The van der Waals surface area contributed by atoms with E-state index in [1.54, 1.807) is 26.1 Å². The van der Waals surface area contributed by atoms with Crippen LogP contribution in [0.2, 0.25) is 5.15 Å². The van der Waals surface area contributed by atoms with Gasteiger partial charge in [-0.05, 0) is 30.7 Å². The van der Waals surface area contributed by atoms with Crippen LogP contribution in [0.5, 0.6) is 0 Å². The van der Waals surface area contributed by atoms with Crippen LogP contribution in [0.4, 0.5) is 5.69 Å². The Morgan fingerprint density at radius 1 is 1.36 bits per heavy atom. The molecule has 0 saturated heterocycles. The number of H-pyrrole nitrogens is 1. The zero-order valence-corrected chi connectivity index (χ0v) is 16.9. The number of hydrogen-bond acceptors (Lipinski definition) is 5. The smallest absolute Gasteiger partial charge is 0.252 e. The second kappa shape index (κ2) is 7.38. The SMILES string of the molecule is Cc1cc(S(=O)(=O)N(C)CC(=O)Nc2ccn(C)c(=O)c2)c2n[nH]c(Cl)c2c1. The van der Waals surface area contributed by atoms with Crippen LogP contribution >= 0.6 is 11.6 Å². The topological polar surface area (TPSA) is 117 Å². The third-order valence-electron chi connectivity index (χ3n) is 4.16. The van der Waals surface area contributed by atoms with Gasteiger partial charge < -0.3 is 9.88 Å². The molecule has 2 aromatic heterocycles. The molecule has 0 bridgehead atoms. The molecule has 0 aliphatic heterocycles. The quantitative estimate of drug-likeness (QED) is 0.644. The van der Waals surface area contributed by atoms with Gasteiger partial charge in [0.15, 0.2) is 0 Å². The molecule has 0 radical (unpaired) electrons. The molecule has 3 aromatic rings. The van der Waals surface area contributed by atoms with Crippen LogP contribution in [0.3, 0.4) is 0 Å². The molecule has 0 unspecified atom stereocenters. The van der Waals surface area contributed by atoms with Crippen molar-refractivity contribution in [3.05, 3.63) is 51.5 Å². The summed E-state index contributed by atoms with van der Waals surface area (Å²) < 4.78 is 28.2. The summed E-state index contributed by atoms with van der Waals surface area (Å²) in [6.45, 7) is 1.30. The number of nitrogens with zero attached hydrogens (tertiary/aromatic N) is 3. The van der Waals surface area contributed by atoms with Crippen molar-refractivity contribution in [1.29, 1.82) is 0 Å². The molecule has 148 valence electrons. The van der Waals surface area contributed by atoms with Gasteiger partial charge in [-0.3, -0.25) is 14.7 Å². The first-order chi connectivity index (χ1) is 13.1. The number of benzene rings is 1. The Morgan fingerprint density at radius 3 is 2.75 bits per heavy atom. The number of likely N-dealkylation sites (N-methyl/N-ethyl adjacent to an activating group) is 1. The van der Waals surface area contributed by atoms with Gasteiger partial charge in [-0.15, -0.1) is 0 Å². The van der Waals surface area contributed by atoms with Crippen LogP contribution in [-0.2, 0) is 21.9 Å². The predicted molar refractivity (Wildman–Crippen MR) is 106 cm³/mol. The number of halogens is 1. The molecular formula is C17H18ClN5O4S. The summed E-state index contributed by atoms with van der Waals surface area (Å²) in [5.41, 5.74) is 0.883. The molecule has 0 saturated carbocycles. The fraction of sp³-hybridized carbons (Fsp3) is 0.235. The average molecular weight is 424 g/mol. The van der Waals surface area contributed by atoms with Gasteiger partial charge in [-0.25, -0.2) is 8.42 Å². The number of hydrogen-bond donors (Lipinski definition) is 2. The van der Waals surface area contributed by atoms with Gasteiger partial charge in [0, 0.05) is 37.4 Å². The summed E-state index contributed by atoms with van der Waals surface area (Å²) in [4.78, 5) is 23.8. The van der Waals surface area contributed by atoms with Crippen molar-refractivity contribution in [2.75, 3.05) is 18.9 Å². The zero-order chi connectivity index (χ0) is 20.6. The number of carbonyl (C=O) groups excluding carboxylic acids is 1. The van der Waals surface area contributed by atoms with Gasteiger partial charge in [-0.1, -0.05) is 11.6 Å². The van der Waals surface area contributed by atoms with E-state index in [0.717, 1.165) is 4.31 Å². The number of carbonyl (C=O) groups is 1. The normalized spacial score (nSPS) is 11.9. The van der Waals surface area contributed by atoms with Gasteiger partial charge in [0.2, 0.25) is 15.9 Å². The minimum atomic E-state index is -4.01. The molecule has 0 fully saturated rings. The number of amides is 1. The number of sulfonamides is 1. The van der Waals surface area contributed by atoms with Crippen LogP contribution in [0.15, 0.2) is 40.2 Å². The van der Waals surface area contributed by atoms with E-state index in [2.05, 4.69) is 15.5 Å². The van der Waals surface area contributed by atoms with E-state index in [4.69, 9.17) is 11.6 Å². The predicted octanol–water partition coefficient (Wildman–Crippen LogP) is 1.48. The van der Waals surface area contributed by atoms with Crippen molar-refractivity contribution in [3.63, 3.8) is 0 Å². The molecule has 1 amide bonds. The van der Waals surface area contributed by atoms with Crippen LogP contribution in [0, 0.1) is 6.92 Å². The molecule has 2 heterocycles. The Kier molecular flexibility index (Phi) is 5.28. The number of fused-ring (bicyclic) bond motifs is 1. The minimum Gasteiger partial charge on any atom is -0.325 e. The largest absolute Gasteiger partial charge is 0.325 e. The Hall–Kier alpha value is -2.69. The van der Waals surface area contributed by atoms with E-state index >= 15 is 0 Å². The summed E-state index contributed by atoms with van der Waals surface area (Å²) in [5, 5.41) is 9.77. The molecule has 0 aliphatic rings. The first kappa shape index (κ1) is 20.1. The van der Waals surface area contributed by atoms with E-state index in [-0.39, 0.29) is 26.8 Å². The highest BCUT2D eigenvalue weighted by Crippen LogP contribution is 2.29. The monoisotopic (exact) mass is 423 g/mol. The Labute approximate surface area is 166 Å². The summed E-state index contributed by atoms with van der Waals surface area (Å²) in [6, 6.07) is 6.00. The van der Waals surface area contributed by atoms with Gasteiger partial charge in [-0.2, -0.15) is 9.40 Å². The van der Waals surface area contributed by atoms with Gasteiger partial charge in [0.1, 0.15) is 15.6 Å². The van der Waals surface area contributed by atoms with Crippen molar-refractivity contribution < 1.29 is 13.2 Å². The number of aromatic amines is 1. The van der Waals surface area contributed by atoms with E-state index in [9.17, 15) is 18.0 Å². The standard InChI is InChI=1S/C17H18ClN5O4S/c1-10-6-12-16(20-21-17(12)18)13(7-10)28(26,27)23(3)9-14(24)19-11-4-5-22(2)15(25)8-11/h4-8H,9H2,1-3H3,(H,19,24)(H,20,21). The van der Waals surface area contributed by atoms with Crippen LogP contribution < -0.4 is 10.9 Å². The molecule has 9 nitrogen and oxygen atoms in total. The second-order valence-corrected chi connectivity index (χ2v) is 8.76. The number of aromatic nitrogens is 3. The molecule has 0 atom stereocenters. The molecule has 2 N–H and O–H groups in total. The molecule has 0 spiro atoms. The van der Waals surface area contributed by atoms with Crippen LogP contribution in [0.25, 0.3) is 10.9 Å². The van der Waals surface area contributed by atoms with Crippen LogP contribution in [0.1, 0.15) is 5.56 Å². The summed E-state index contributed by atoms with van der Waals surface area (Å²) in [6.07, 6.45) is 1.50. The first-order valence-electron chi connectivity index (χ1n) is 8.16. The molecule has 0 aliphatic carbocycles. The van der Waals surface area contributed by atoms with E-state index < -0.39 is 22.5 Å². The summed E-state index contributed by atoms with van der Waals surface area (Å²) in [7, 11) is -1.14. The maximum Gasteiger partial charge on any atom is 0.252 e. The van der Waals surface area contributed by atoms with Crippen molar-refractivity contribution in [2.24, 2.45) is 7.05 Å². The number of pyridine rings is 1. The maximum atomic E-state index is 13.0. The third-order valence-corrected chi connectivity index (χ3v) is 6.27. The lowest BCUT2D eigenvalue weighted by atomic mass is 10.2. The minimum absolute atomic E-state index is 0.0467. The highest BCUT2D eigenvalue weighted by atomic mass is 35.5. The Bertz CT molecular complexity index is 1230. The lowest BCUT2D eigenvalue weighted by molar-refractivity contribution is -0.116. The van der Waals surface area contributed by atoms with E-state index in [0.29, 0.717) is 10.9 Å². The zero-order valence-electron chi connectivity index (χ0n) is 15.4. The summed E-state index contributed by atoms with van der Waals surface area (Å²) >= 11 is 6.03. The van der Waals surface area contributed by atoms with E-state index in [1.165, 1.54) is 29.9 Å². The molecule has 1 aromatic carbocycles. The van der Waals surface area contributed by atoms with E-state index in [1.807, 2.05) is 0 Å². The summed E-state index contributed by atoms with van der Waals surface area (Å²) in [5.74, 6) is -0.580. The van der Waals surface area contributed by atoms with Gasteiger partial charge in [0.25, 0.3) is 5.56 Å². The first-order valence-corrected chi connectivity index (χ1v) is 9.98. The molecule has 3 rings (SSSR count). The molecule has 11 heteroatoms. The highest BCUT2D eigenvalue weighted by molar-refractivity contribution is 7.89. The van der Waals surface area contributed by atoms with Crippen LogP contribution in [-0.4, -0.2) is 47.0 Å². The fourth-order valence-corrected chi connectivity index (χ4v) is 4.22. The second-order valence-electron chi connectivity index (χ2n) is 6.37. The number of anilines is 1. The van der Waals surface area contributed by atoms with Crippen molar-refractivity contribution in [1.82, 2.24) is 19.1 Å². The lowest BCUT2D eigenvalue weighted by Crippen LogP contribution is -2.35. The Balaban J connectivity index is 1.85. The van der Waals surface area contributed by atoms with Crippen molar-refractivity contribution >= 4 is 44.1 Å². The van der Waals surface area contributed by atoms with Gasteiger partial charge >= 0.3 is 0 Å². The number of nitrogens with one attached hydrogen (secondary N) is 2. The number of aryl methyl sites for hydroxylation is 2. The Morgan fingerprint density at radius 2 is 2.07 bits per heavy atom. The third kappa shape index (κ3) is 3.79. The van der Waals surface area contributed by atoms with Crippen molar-refractivity contribution in [2.45, 2.75) is 11.8 Å². The highest BCUT2D eigenvalue weighted by Gasteiger charge is 2.27. The fourth-order valence-electron chi connectivity index (χ4n) is 2.67. The molecular weight excluding hydrogens is 406 g/mol.